The molecule has 17 heavy (non-hydrogen) atoms. The molecular weight excluding hydrogens is 224 g/mol. The van der Waals surface area contributed by atoms with Crippen LogP contribution in [-0.4, -0.2) is 11.0 Å². The fourth-order valence-corrected chi connectivity index (χ4v) is 2.79. The van der Waals surface area contributed by atoms with Gasteiger partial charge in [-0.3, -0.25) is 0 Å². The molecule has 0 radical (unpaired) electrons. The highest BCUT2D eigenvalue weighted by atomic mass is 32.2. The predicted octanol–water partition coefficient (Wildman–Crippen LogP) is 5.40. The molecule has 1 atom stereocenters. The maximum Gasteiger partial charge on any atom is 0.00216 e. The van der Waals surface area contributed by atoms with Crippen LogP contribution in [0, 0.1) is 0 Å². The molecule has 0 spiro atoms. The van der Waals surface area contributed by atoms with Crippen LogP contribution in [0.4, 0.5) is 0 Å². The van der Waals surface area contributed by atoms with E-state index in [1.54, 1.807) is 0 Å². The molecule has 0 saturated heterocycles. The Labute approximate surface area is 111 Å². The van der Waals surface area contributed by atoms with Gasteiger partial charge in [0.1, 0.15) is 0 Å². The summed E-state index contributed by atoms with van der Waals surface area (Å²) in [5, 5.41) is 0.793. The van der Waals surface area contributed by atoms with Crippen molar-refractivity contribution in [1.82, 2.24) is 0 Å². The van der Waals surface area contributed by atoms with E-state index >= 15 is 0 Å². The van der Waals surface area contributed by atoms with Crippen LogP contribution in [0.3, 0.4) is 0 Å². The lowest BCUT2D eigenvalue weighted by molar-refractivity contribution is 0.826. The second-order valence-corrected chi connectivity index (χ2v) is 5.97. The van der Waals surface area contributed by atoms with Gasteiger partial charge in [-0.25, -0.2) is 0 Å². The Hall–Kier alpha value is -0.690. The summed E-state index contributed by atoms with van der Waals surface area (Å²) in [6.07, 6.45) is 9.67. The standard InChI is InChI=1S/C16H24S/c1-3-4-14-17-15(2)10-8-9-13-16-11-6-5-7-12-16/h5-7,9,11-13,15H,3-4,8,10,14H2,1-2H3/b13-9+/t15-/m0/s1. The van der Waals surface area contributed by atoms with Gasteiger partial charge < -0.3 is 0 Å². The summed E-state index contributed by atoms with van der Waals surface area (Å²) in [6, 6.07) is 10.5. The number of unbranched alkanes of at least 4 members (excludes halogenated alkanes) is 1. The third kappa shape index (κ3) is 7.27. The Balaban J connectivity index is 2.12. The molecule has 0 aromatic heterocycles. The molecule has 0 saturated carbocycles. The van der Waals surface area contributed by atoms with E-state index in [1.165, 1.54) is 37.0 Å². The number of rotatable bonds is 8. The highest BCUT2D eigenvalue weighted by Crippen LogP contribution is 2.17. The van der Waals surface area contributed by atoms with Crippen LogP contribution in [0.1, 0.15) is 45.1 Å². The third-order valence-corrected chi connectivity index (χ3v) is 4.08. The van der Waals surface area contributed by atoms with Crippen LogP contribution < -0.4 is 0 Å². The zero-order chi connectivity index (χ0) is 12.3. The quantitative estimate of drug-likeness (QED) is 0.555. The Bertz CT molecular complexity index is 303. The molecular formula is C16H24S. The van der Waals surface area contributed by atoms with E-state index in [1.807, 2.05) is 0 Å². The zero-order valence-electron chi connectivity index (χ0n) is 11.1. The Morgan fingerprint density at radius 2 is 2.00 bits per heavy atom. The lowest BCUT2D eigenvalue weighted by atomic mass is 10.2. The summed E-state index contributed by atoms with van der Waals surface area (Å²) < 4.78 is 0. The molecule has 0 aliphatic carbocycles. The minimum Gasteiger partial charge on any atom is -0.159 e. The summed E-state index contributed by atoms with van der Waals surface area (Å²) in [5.74, 6) is 1.32. The van der Waals surface area contributed by atoms with Crippen molar-refractivity contribution in [3.8, 4) is 0 Å². The molecule has 1 heteroatoms. The molecule has 0 fully saturated rings. The molecule has 0 aliphatic heterocycles. The van der Waals surface area contributed by atoms with Gasteiger partial charge in [0, 0.05) is 5.25 Å². The van der Waals surface area contributed by atoms with E-state index in [0.29, 0.717) is 0 Å². The fourth-order valence-electron chi connectivity index (χ4n) is 1.63. The van der Waals surface area contributed by atoms with Gasteiger partial charge >= 0.3 is 0 Å². The van der Waals surface area contributed by atoms with Gasteiger partial charge in [0.25, 0.3) is 0 Å². The van der Waals surface area contributed by atoms with E-state index in [0.717, 1.165) is 5.25 Å². The lowest BCUT2D eigenvalue weighted by Crippen LogP contribution is -1.96. The normalized spacial score (nSPS) is 13.1. The predicted molar refractivity (Wildman–Crippen MR) is 81.5 cm³/mol. The van der Waals surface area contributed by atoms with Gasteiger partial charge in [0.05, 0.1) is 0 Å². The molecule has 0 unspecified atom stereocenters. The Morgan fingerprint density at radius 1 is 1.24 bits per heavy atom. The highest BCUT2D eigenvalue weighted by Gasteiger charge is 1.99. The van der Waals surface area contributed by atoms with Crippen molar-refractivity contribution in [1.29, 1.82) is 0 Å². The van der Waals surface area contributed by atoms with Gasteiger partial charge in [-0.15, -0.1) is 0 Å². The maximum absolute atomic E-state index is 2.34. The summed E-state index contributed by atoms with van der Waals surface area (Å²) in [5.41, 5.74) is 1.30. The number of allylic oxidation sites excluding steroid dienone is 1. The van der Waals surface area contributed by atoms with E-state index in [2.05, 4.69) is 68.1 Å². The molecule has 0 heterocycles. The fraction of sp³-hybridized carbons (Fsp3) is 0.500. The van der Waals surface area contributed by atoms with Gasteiger partial charge in [-0.05, 0) is 30.6 Å². The highest BCUT2D eigenvalue weighted by molar-refractivity contribution is 7.99. The topological polar surface area (TPSA) is 0 Å². The first kappa shape index (κ1) is 14.4. The number of hydrogen-bond donors (Lipinski definition) is 0. The van der Waals surface area contributed by atoms with E-state index in [9.17, 15) is 0 Å². The van der Waals surface area contributed by atoms with E-state index in [-0.39, 0.29) is 0 Å². The van der Waals surface area contributed by atoms with E-state index < -0.39 is 0 Å². The second kappa shape index (κ2) is 9.35. The van der Waals surface area contributed by atoms with Crippen LogP contribution >= 0.6 is 11.8 Å². The Kier molecular flexibility index (Phi) is 7.91. The van der Waals surface area contributed by atoms with Crippen LogP contribution in [0.15, 0.2) is 36.4 Å². The molecule has 0 aliphatic rings. The first-order valence-electron chi connectivity index (χ1n) is 6.66. The summed E-state index contributed by atoms with van der Waals surface area (Å²) in [7, 11) is 0. The molecule has 1 rings (SSSR count). The van der Waals surface area contributed by atoms with Crippen molar-refractivity contribution in [2.45, 2.75) is 44.8 Å². The lowest BCUT2D eigenvalue weighted by Gasteiger charge is -2.08. The van der Waals surface area contributed by atoms with Crippen molar-refractivity contribution in [2.75, 3.05) is 5.75 Å². The average molecular weight is 248 g/mol. The van der Waals surface area contributed by atoms with Crippen LogP contribution in [0.5, 0.6) is 0 Å². The molecule has 0 N–H and O–H groups in total. The van der Waals surface area contributed by atoms with Gasteiger partial charge in [0.2, 0.25) is 0 Å². The largest absolute Gasteiger partial charge is 0.159 e. The number of benzene rings is 1. The van der Waals surface area contributed by atoms with Crippen molar-refractivity contribution >= 4 is 17.8 Å². The average Bonchev–Trinajstić information content (AvgIpc) is 2.36. The molecule has 0 bridgehead atoms. The Morgan fingerprint density at radius 3 is 2.71 bits per heavy atom. The monoisotopic (exact) mass is 248 g/mol. The summed E-state index contributed by atoms with van der Waals surface area (Å²) in [6.45, 7) is 4.60. The van der Waals surface area contributed by atoms with Crippen LogP contribution in [0.2, 0.25) is 0 Å². The molecule has 1 aromatic carbocycles. The molecule has 94 valence electrons. The summed E-state index contributed by atoms with van der Waals surface area (Å²) in [4.78, 5) is 0. The van der Waals surface area contributed by atoms with Crippen LogP contribution in [-0.2, 0) is 0 Å². The van der Waals surface area contributed by atoms with Crippen molar-refractivity contribution in [3.63, 3.8) is 0 Å². The second-order valence-electron chi connectivity index (χ2n) is 4.43. The minimum absolute atomic E-state index is 0.793. The number of hydrogen-bond acceptors (Lipinski definition) is 1. The van der Waals surface area contributed by atoms with Gasteiger partial charge in [0.15, 0.2) is 0 Å². The summed E-state index contributed by atoms with van der Waals surface area (Å²) >= 11 is 2.11. The SMILES string of the molecule is CCCCS[C@@H](C)CC/C=C/c1ccccc1. The first-order valence-corrected chi connectivity index (χ1v) is 7.71. The van der Waals surface area contributed by atoms with E-state index in [4.69, 9.17) is 0 Å². The molecule has 0 amide bonds. The molecule has 1 aromatic rings. The van der Waals surface area contributed by atoms with Gasteiger partial charge in [-0.1, -0.05) is 62.8 Å². The minimum atomic E-state index is 0.793. The van der Waals surface area contributed by atoms with Crippen molar-refractivity contribution in [2.24, 2.45) is 0 Å². The smallest absolute Gasteiger partial charge is 0.00216 e. The maximum atomic E-state index is 2.34. The number of thioether (sulfide) groups is 1. The van der Waals surface area contributed by atoms with Crippen molar-refractivity contribution < 1.29 is 0 Å². The molecule has 0 nitrogen and oxygen atoms in total. The van der Waals surface area contributed by atoms with Crippen molar-refractivity contribution in [3.05, 3.63) is 42.0 Å². The first-order chi connectivity index (χ1) is 8.33. The van der Waals surface area contributed by atoms with Gasteiger partial charge in [-0.2, -0.15) is 11.8 Å². The third-order valence-electron chi connectivity index (χ3n) is 2.75. The zero-order valence-corrected chi connectivity index (χ0v) is 11.9. The van der Waals surface area contributed by atoms with Crippen LogP contribution in [0.25, 0.3) is 6.08 Å².